The Balaban J connectivity index is 2.02. The Kier molecular flexibility index (Phi) is 4.80. The molecule has 0 bridgehead atoms. The first-order chi connectivity index (χ1) is 9.95. The third-order valence-corrected chi connectivity index (χ3v) is 3.92. The molecule has 1 heterocycles. The number of nitrogens with zero attached hydrogens (tertiary/aromatic N) is 2. The fourth-order valence-electron chi connectivity index (χ4n) is 1.66. The van der Waals surface area contributed by atoms with Gasteiger partial charge in [-0.25, -0.2) is 9.97 Å². The number of hydrogen-bond donors (Lipinski definition) is 2. The molecule has 1 amide bonds. The Morgan fingerprint density at radius 1 is 1.29 bits per heavy atom. The second-order valence-corrected chi connectivity index (χ2v) is 6.17. The standard InChI is InChI=1S/C15H18N4OS/c1-9-7-17-15(18-8-9)21-11(3)14(20)19-13-6-12(16)5-4-10(13)2/h4-8,11H,16H2,1-3H3,(H,19,20). The lowest BCUT2D eigenvalue weighted by Gasteiger charge is -2.13. The number of nitrogens with one attached hydrogen (secondary N) is 1. The monoisotopic (exact) mass is 302 g/mol. The van der Waals surface area contributed by atoms with Gasteiger partial charge in [-0.1, -0.05) is 17.8 Å². The molecule has 0 spiro atoms. The highest BCUT2D eigenvalue weighted by atomic mass is 32.2. The van der Waals surface area contributed by atoms with Gasteiger partial charge >= 0.3 is 0 Å². The lowest BCUT2D eigenvalue weighted by molar-refractivity contribution is -0.115. The van der Waals surface area contributed by atoms with Gasteiger partial charge in [-0.3, -0.25) is 4.79 Å². The highest BCUT2D eigenvalue weighted by Crippen LogP contribution is 2.22. The van der Waals surface area contributed by atoms with E-state index in [1.165, 1.54) is 11.8 Å². The third kappa shape index (κ3) is 4.19. The minimum atomic E-state index is -0.298. The van der Waals surface area contributed by atoms with Crippen molar-refractivity contribution < 1.29 is 4.79 Å². The second kappa shape index (κ2) is 6.58. The van der Waals surface area contributed by atoms with Crippen molar-refractivity contribution in [1.29, 1.82) is 0 Å². The number of amides is 1. The molecule has 6 heteroatoms. The summed E-state index contributed by atoms with van der Waals surface area (Å²) in [4.78, 5) is 20.6. The molecule has 0 radical (unpaired) electrons. The van der Waals surface area contributed by atoms with Crippen molar-refractivity contribution in [1.82, 2.24) is 9.97 Å². The average Bonchev–Trinajstić information content (AvgIpc) is 2.45. The summed E-state index contributed by atoms with van der Waals surface area (Å²) in [6, 6.07) is 5.45. The Morgan fingerprint density at radius 3 is 2.62 bits per heavy atom. The molecular weight excluding hydrogens is 284 g/mol. The van der Waals surface area contributed by atoms with Gasteiger partial charge in [0.05, 0.1) is 5.25 Å². The quantitative estimate of drug-likeness (QED) is 0.515. The molecule has 0 aliphatic carbocycles. The number of anilines is 2. The van der Waals surface area contributed by atoms with Gasteiger partial charge < -0.3 is 11.1 Å². The smallest absolute Gasteiger partial charge is 0.237 e. The summed E-state index contributed by atoms with van der Waals surface area (Å²) in [5.41, 5.74) is 9.06. The van der Waals surface area contributed by atoms with Crippen molar-refractivity contribution in [3.8, 4) is 0 Å². The van der Waals surface area contributed by atoms with Gasteiger partial charge in [-0.2, -0.15) is 0 Å². The molecule has 0 fully saturated rings. The van der Waals surface area contributed by atoms with Crippen molar-refractivity contribution in [2.24, 2.45) is 0 Å². The molecule has 1 atom stereocenters. The predicted octanol–water partition coefficient (Wildman–Crippen LogP) is 2.79. The molecule has 3 N–H and O–H groups in total. The lowest BCUT2D eigenvalue weighted by Crippen LogP contribution is -2.23. The first kappa shape index (κ1) is 15.3. The zero-order valence-electron chi connectivity index (χ0n) is 12.3. The summed E-state index contributed by atoms with van der Waals surface area (Å²) in [7, 11) is 0. The number of carbonyl (C=O) groups is 1. The molecule has 0 aliphatic heterocycles. The fraction of sp³-hybridized carbons (Fsp3) is 0.267. The van der Waals surface area contributed by atoms with Crippen LogP contribution in [0.25, 0.3) is 0 Å². The van der Waals surface area contributed by atoms with Crippen molar-refractivity contribution in [3.05, 3.63) is 41.7 Å². The normalized spacial score (nSPS) is 12.0. The molecule has 0 saturated carbocycles. The summed E-state index contributed by atoms with van der Waals surface area (Å²) in [6.45, 7) is 5.67. The minimum absolute atomic E-state index is 0.0992. The molecule has 2 rings (SSSR count). The number of benzene rings is 1. The van der Waals surface area contributed by atoms with E-state index in [0.717, 1.165) is 16.8 Å². The van der Waals surface area contributed by atoms with Crippen LogP contribution in [-0.2, 0) is 4.79 Å². The number of aromatic nitrogens is 2. The number of nitrogen functional groups attached to an aromatic ring is 1. The molecule has 0 aliphatic rings. The molecule has 2 aromatic rings. The van der Waals surface area contributed by atoms with E-state index in [2.05, 4.69) is 15.3 Å². The number of hydrogen-bond acceptors (Lipinski definition) is 5. The number of nitrogens with two attached hydrogens (primary N) is 1. The van der Waals surface area contributed by atoms with E-state index < -0.39 is 0 Å². The van der Waals surface area contributed by atoms with Crippen LogP contribution < -0.4 is 11.1 Å². The highest BCUT2D eigenvalue weighted by molar-refractivity contribution is 8.00. The van der Waals surface area contributed by atoms with Gasteiger partial charge in [0.2, 0.25) is 5.91 Å². The maximum atomic E-state index is 12.2. The van der Waals surface area contributed by atoms with Crippen LogP contribution in [0, 0.1) is 13.8 Å². The van der Waals surface area contributed by atoms with Gasteiger partial charge in [0.25, 0.3) is 0 Å². The molecule has 1 aromatic carbocycles. The van der Waals surface area contributed by atoms with Gasteiger partial charge in [0, 0.05) is 23.8 Å². The van der Waals surface area contributed by atoms with E-state index in [1.807, 2.05) is 32.9 Å². The van der Waals surface area contributed by atoms with Crippen LogP contribution in [0.4, 0.5) is 11.4 Å². The van der Waals surface area contributed by atoms with Crippen LogP contribution in [0.1, 0.15) is 18.1 Å². The molecule has 5 nitrogen and oxygen atoms in total. The topological polar surface area (TPSA) is 80.9 Å². The van der Waals surface area contributed by atoms with E-state index in [-0.39, 0.29) is 11.2 Å². The van der Waals surface area contributed by atoms with Gasteiger partial charge in [-0.15, -0.1) is 0 Å². The SMILES string of the molecule is Cc1cnc(SC(C)C(=O)Nc2cc(N)ccc2C)nc1. The summed E-state index contributed by atoms with van der Waals surface area (Å²) in [6.07, 6.45) is 3.48. The first-order valence-corrected chi connectivity index (χ1v) is 7.46. The fourth-order valence-corrected chi connectivity index (χ4v) is 2.37. The predicted molar refractivity (Wildman–Crippen MR) is 86.3 cm³/mol. The van der Waals surface area contributed by atoms with E-state index >= 15 is 0 Å². The van der Waals surface area contributed by atoms with Crippen molar-refractivity contribution in [2.45, 2.75) is 31.2 Å². The number of aryl methyl sites for hydroxylation is 2. The zero-order chi connectivity index (χ0) is 15.4. The van der Waals surface area contributed by atoms with E-state index in [1.54, 1.807) is 18.5 Å². The van der Waals surface area contributed by atoms with Crippen molar-refractivity contribution in [2.75, 3.05) is 11.1 Å². The van der Waals surface area contributed by atoms with Gasteiger partial charge in [0.1, 0.15) is 0 Å². The lowest BCUT2D eigenvalue weighted by atomic mass is 10.2. The van der Waals surface area contributed by atoms with Crippen LogP contribution >= 0.6 is 11.8 Å². The van der Waals surface area contributed by atoms with Crippen LogP contribution in [0.15, 0.2) is 35.7 Å². The van der Waals surface area contributed by atoms with Crippen LogP contribution in [0.5, 0.6) is 0 Å². The highest BCUT2D eigenvalue weighted by Gasteiger charge is 2.16. The Bertz CT molecular complexity index is 643. The van der Waals surface area contributed by atoms with Crippen LogP contribution in [-0.4, -0.2) is 21.1 Å². The largest absolute Gasteiger partial charge is 0.399 e. The second-order valence-electron chi connectivity index (χ2n) is 4.87. The molecule has 110 valence electrons. The molecule has 1 aromatic heterocycles. The van der Waals surface area contributed by atoms with Crippen LogP contribution in [0.3, 0.4) is 0 Å². The van der Waals surface area contributed by atoms with E-state index in [9.17, 15) is 4.79 Å². The average molecular weight is 302 g/mol. The van der Waals surface area contributed by atoms with E-state index in [4.69, 9.17) is 5.73 Å². The first-order valence-electron chi connectivity index (χ1n) is 6.58. The van der Waals surface area contributed by atoms with E-state index in [0.29, 0.717) is 10.8 Å². The Labute approximate surface area is 128 Å². The number of rotatable bonds is 4. The molecule has 0 saturated heterocycles. The van der Waals surface area contributed by atoms with Crippen molar-refractivity contribution >= 4 is 29.0 Å². The summed E-state index contributed by atoms with van der Waals surface area (Å²) in [5, 5.41) is 3.18. The maximum Gasteiger partial charge on any atom is 0.237 e. The summed E-state index contributed by atoms with van der Waals surface area (Å²) in [5.74, 6) is -0.0992. The molecule has 1 unspecified atom stereocenters. The Hall–Kier alpha value is -2.08. The Morgan fingerprint density at radius 2 is 1.95 bits per heavy atom. The zero-order valence-corrected chi connectivity index (χ0v) is 13.1. The molecule has 21 heavy (non-hydrogen) atoms. The number of thioether (sulfide) groups is 1. The molecular formula is C15H18N4OS. The minimum Gasteiger partial charge on any atom is -0.399 e. The van der Waals surface area contributed by atoms with Crippen LogP contribution in [0.2, 0.25) is 0 Å². The third-order valence-electron chi connectivity index (χ3n) is 2.93. The summed E-state index contributed by atoms with van der Waals surface area (Å²) < 4.78 is 0. The number of carbonyl (C=O) groups excluding carboxylic acids is 1. The summed E-state index contributed by atoms with van der Waals surface area (Å²) >= 11 is 1.32. The van der Waals surface area contributed by atoms with Gasteiger partial charge in [0.15, 0.2) is 5.16 Å². The van der Waals surface area contributed by atoms with Gasteiger partial charge in [-0.05, 0) is 44.0 Å². The van der Waals surface area contributed by atoms with Crippen molar-refractivity contribution in [3.63, 3.8) is 0 Å². The maximum absolute atomic E-state index is 12.2.